The van der Waals surface area contributed by atoms with Gasteiger partial charge in [0.2, 0.25) is 0 Å². The molecule has 1 fully saturated rings. The van der Waals surface area contributed by atoms with Gasteiger partial charge in [-0.1, -0.05) is 5.21 Å². The third-order valence-electron chi connectivity index (χ3n) is 3.45. The first-order chi connectivity index (χ1) is 9.78. The maximum Gasteiger partial charge on any atom is 0.136 e. The normalized spacial score (nSPS) is 14.3. The van der Waals surface area contributed by atoms with Crippen LogP contribution < -0.4 is 10.6 Å². The van der Waals surface area contributed by atoms with Gasteiger partial charge in [-0.25, -0.2) is 9.97 Å². The molecule has 3 rings (SSSR count). The number of nitrogens with one attached hydrogen (secondary N) is 2. The Morgan fingerprint density at radius 2 is 2.10 bits per heavy atom. The van der Waals surface area contributed by atoms with Gasteiger partial charge < -0.3 is 10.6 Å². The van der Waals surface area contributed by atoms with Crippen molar-refractivity contribution in [3.8, 4) is 0 Å². The third-order valence-corrected chi connectivity index (χ3v) is 3.45. The van der Waals surface area contributed by atoms with Gasteiger partial charge in [0.05, 0.1) is 12.7 Å². The fourth-order valence-corrected chi connectivity index (χ4v) is 2.11. The van der Waals surface area contributed by atoms with E-state index in [2.05, 4.69) is 30.9 Å². The average molecular weight is 273 g/mol. The average Bonchev–Trinajstić information content (AvgIpc) is 3.18. The summed E-state index contributed by atoms with van der Waals surface area (Å²) in [6, 6.07) is 0. The van der Waals surface area contributed by atoms with Crippen LogP contribution in [0.15, 0.2) is 12.4 Å². The van der Waals surface area contributed by atoms with Crippen molar-refractivity contribution in [3.63, 3.8) is 0 Å². The van der Waals surface area contributed by atoms with Gasteiger partial charge in [-0.05, 0) is 19.8 Å². The number of hydrogen-bond acceptors (Lipinski definition) is 6. The predicted octanol–water partition coefficient (Wildman–Crippen LogP) is 1.41. The molecule has 2 aromatic rings. The Labute approximate surface area is 117 Å². The fourth-order valence-electron chi connectivity index (χ4n) is 2.11. The minimum absolute atomic E-state index is 0.540. The molecule has 0 amide bonds. The topological polar surface area (TPSA) is 80.5 Å². The van der Waals surface area contributed by atoms with Gasteiger partial charge in [0.1, 0.15) is 17.5 Å². The Hall–Kier alpha value is -2.18. The highest BCUT2D eigenvalue weighted by Crippen LogP contribution is 2.39. The van der Waals surface area contributed by atoms with Crippen LogP contribution >= 0.6 is 0 Å². The first kappa shape index (κ1) is 12.8. The molecular formula is C13H19N7. The lowest BCUT2D eigenvalue weighted by atomic mass is 10.2. The van der Waals surface area contributed by atoms with E-state index in [1.807, 2.05) is 20.2 Å². The second-order valence-electron chi connectivity index (χ2n) is 5.02. The number of aromatic nitrogens is 5. The van der Waals surface area contributed by atoms with Crippen LogP contribution in [-0.2, 0) is 6.54 Å². The van der Waals surface area contributed by atoms with Crippen LogP contribution in [0.1, 0.15) is 30.1 Å². The molecule has 1 saturated carbocycles. The van der Waals surface area contributed by atoms with Crippen LogP contribution in [0.5, 0.6) is 0 Å². The number of hydrogen-bond donors (Lipinski definition) is 2. The highest BCUT2D eigenvalue weighted by molar-refractivity contribution is 5.57. The SMILES string of the molecule is CNc1nc(C2CC2)nc(NCCn2ccnn2)c1C. The Balaban J connectivity index is 1.72. The van der Waals surface area contributed by atoms with E-state index < -0.39 is 0 Å². The Bertz CT molecular complexity index is 575. The van der Waals surface area contributed by atoms with E-state index in [1.165, 1.54) is 12.8 Å². The molecule has 0 atom stereocenters. The molecular weight excluding hydrogens is 254 g/mol. The van der Waals surface area contributed by atoms with Crippen molar-refractivity contribution < 1.29 is 0 Å². The molecule has 7 heteroatoms. The zero-order valence-corrected chi connectivity index (χ0v) is 11.8. The summed E-state index contributed by atoms with van der Waals surface area (Å²) in [7, 11) is 1.89. The highest BCUT2D eigenvalue weighted by Gasteiger charge is 2.28. The summed E-state index contributed by atoms with van der Waals surface area (Å²) in [4.78, 5) is 9.24. The van der Waals surface area contributed by atoms with Gasteiger partial charge in [0.15, 0.2) is 0 Å². The molecule has 0 unspecified atom stereocenters. The summed E-state index contributed by atoms with van der Waals surface area (Å²) < 4.78 is 1.80. The van der Waals surface area contributed by atoms with Crippen LogP contribution in [0, 0.1) is 6.92 Å². The summed E-state index contributed by atoms with van der Waals surface area (Å²) >= 11 is 0. The zero-order chi connectivity index (χ0) is 13.9. The molecule has 7 nitrogen and oxygen atoms in total. The molecule has 0 bridgehead atoms. The van der Waals surface area contributed by atoms with Crippen LogP contribution in [0.25, 0.3) is 0 Å². The van der Waals surface area contributed by atoms with Crippen molar-refractivity contribution in [1.29, 1.82) is 0 Å². The van der Waals surface area contributed by atoms with E-state index in [4.69, 9.17) is 0 Å². The molecule has 2 N–H and O–H groups in total. The summed E-state index contributed by atoms with van der Waals surface area (Å²) in [5.41, 5.74) is 1.05. The van der Waals surface area contributed by atoms with Gasteiger partial charge in [-0.15, -0.1) is 5.10 Å². The van der Waals surface area contributed by atoms with Crippen LogP contribution in [-0.4, -0.2) is 38.6 Å². The summed E-state index contributed by atoms with van der Waals surface area (Å²) in [6.07, 6.45) is 5.93. The highest BCUT2D eigenvalue weighted by atomic mass is 15.4. The van der Waals surface area contributed by atoms with E-state index in [0.717, 1.165) is 36.1 Å². The smallest absolute Gasteiger partial charge is 0.136 e. The van der Waals surface area contributed by atoms with Crippen molar-refractivity contribution in [1.82, 2.24) is 25.0 Å². The summed E-state index contributed by atoms with van der Waals surface area (Å²) in [6.45, 7) is 3.55. The van der Waals surface area contributed by atoms with E-state index in [-0.39, 0.29) is 0 Å². The largest absolute Gasteiger partial charge is 0.373 e. The van der Waals surface area contributed by atoms with Crippen molar-refractivity contribution in [2.45, 2.75) is 32.2 Å². The van der Waals surface area contributed by atoms with Gasteiger partial charge >= 0.3 is 0 Å². The molecule has 0 spiro atoms. The quantitative estimate of drug-likeness (QED) is 0.828. The first-order valence-electron chi connectivity index (χ1n) is 6.92. The Morgan fingerprint density at radius 1 is 1.30 bits per heavy atom. The van der Waals surface area contributed by atoms with E-state index >= 15 is 0 Å². The molecule has 1 aliphatic rings. The number of rotatable bonds is 6. The second kappa shape index (κ2) is 5.44. The maximum absolute atomic E-state index is 4.65. The summed E-state index contributed by atoms with van der Waals surface area (Å²) in [5.74, 6) is 3.30. The fraction of sp³-hybridized carbons (Fsp3) is 0.538. The number of anilines is 2. The van der Waals surface area contributed by atoms with Gasteiger partial charge in [0, 0.05) is 31.3 Å². The van der Waals surface area contributed by atoms with Crippen molar-refractivity contribution in [2.24, 2.45) is 0 Å². The molecule has 20 heavy (non-hydrogen) atoms. The Morgan fingerprint density at radius 3 is 2.75 bits per heavy atom. The maximum atomic E-state index is 4.65. The number of nitrogens with zero attached hydrogens (tertiary/aromatic N) is 5. The van der Waals surface area contributed by atoms with Crippen LogP contribution in [0.3, 0.4) is 0 Å². The minimum Gasteiger partial charge on any atom is -0.373 e. The third kappa shape index (κ3) is 2.71. The lowest BCUT2D eigenvalue weighted by Gasteiger charge is -2.13. The molecule has 2 heterocycles. The monoisotopic (exact) mass is 273 g/mol. The molecule has 0 saturated heterocycles. The molecule has 1 aliphatic carbocycles. The van der Waals surface area contributed by atoms with Crippen LogP contribution in [0.2, 0.25) is 0 Å². The lowest BCUT2D eigenvalue weighted by molar-refractivity contribution is 0.608. The van der Waals surface area contributed by atoms with Crippen molar-refractivity contribution in [3.05, 3.63) is 23.8 Å². The van der Waals surface area contributed by atoms with Crippen LogP contribution in [0.4, 0.5) is 11.6 Å². The van der Waals surface area contributed by atoms with E-state index in [0.29, 0.717) is 5.92 Å². The molecule has 0 radical (unpaired) electrons. The van der Waals surface area contributed by atoms with Gasteiger partial charge in [0.25, 0.3) is 0 Å². The molecule has 106 valence electrons. The minimum atomic E-state index is 0.540. The van der Waals surface area contributed by atoms with Crippen molar-refractivity contribution in [2.75, 3.05) is 24.2 Å². The zero-order valence-electron chi connectivity index (χ0n) is 11.8. The predicted molar refractivity (Wildman–Crippen MR) is 76.8 cm³/mol. The Kier molecular flexibility index (Phi) is 3.49. The summed E-state index contributed by atoms with van der Waals surface area (Å²) in [5, 5.41) is 14.2. The molecule has 0 aliphatic heterocycles. The first-order valence-corrected chi connectivity index (χ1v) is 6.92. The van der Waals surface area contributed by atoms with E-state index in [9.17, 15) is 0 Å². The van der Waals surface area contributed by atoms with Gasteiger partial charge in [-0.2, -0.15) is 0 Å². The standard InChI is InChI=1S/C13H19N7/c1-9-11(14-2)17-13(10-3-4-10)18-12(9)15-5-7-20-8-6-16-19-20/h6,8,10H,3-5,7H2,1-2H3,(H2,14,15,17,18). The van der Waals surface area contributed by atoms with Gasteiger partial charge in [-0.3, -0.25) is 4.68 Å². The van der Waals surface area contributed by atoms with Crippen molar-refractivity contribution >= 4 is 11.6 Å². The molecule has 0 aromatic carbocycles. The molecule has 2 aromatic heterocycles. The lowest BCUT2D eigenvalue weighted by Crippen LogP contribution is -2.14. The van der Waals surface area contributed by atoms with E-state index in [1.54, 1.807) is 10.9 Å². The second-order valence-corrected chi connectivity index (χ2v) is 5.02.